The number of carbonyl (C=O) groups excluding carboxylic acids is 1. The number of ether oxygens (including phenoxy) is 1. The molecule has 2 heterocycles. The van der Waals surface area contributed by atoms with Crippen LogP contribution in [0.3, 0.4) is 0 Å². The van der Waals surface area contributed by atoms with Gasteiger partial charge in [-0.1, -0.05) is 42.1 Å². The highest BCUT2D eigenvalue weighted by atomic mass is 32.2. The molecule has 0 aliphatic heterocycles. The van der Waals surface area contributed by atoms with Crippen LogP contribution in [0, 0.1) is 12.7 Å². The Balaban J connectivity index is 1.65. The number of aryl methyl sites for hydroxylation is 1. The lowest BCUT2D eigenvalue weighted by molar-refractivity contribution is 0.0598. The van der Waals surface area contributed by atoms with E-state index in [1.807, 2.05) is 31.2 Å². The molecule has 6 nitrogen and oxygen atoms in total. The van der Waals surface area contributed by atoms with E-state index in [0.717, 1.165) is 16.5 Å². The second-order valence-corrected chi connectivity index (χ2v) is 7.14. The highest BCUT2D eigenvalue weighted by Crippen LogP contribution is 2.30. The number of thioether (sulfide) groups is 1. The summed E-state index contributed by atoms with van der Waals surface area (Å²) in [5, 5.41) is 9.02. The summed E-state index contributed by atoms with van der Waals surface area (Å²) in [7, 11) is 1.34. The van der Waals surface area contributed by atoms with Gasteiger partial charge in [-0.25, -0.2) is 9.18 Å². The Kier molecular flexibility index (Phi) is 5.26. The predicted octanol–water partition coefficient (Wildman–Crippen LogP) is 4.81. The average molecular weight is 409 g/mol. The van der Waals surface area contributed by atoms with Crippen LogP contribution in [0.25, 0.3) is 22.4 Å². The monoisotopic (exact) mass is 409 g/mol. The van der Waals surface area contributed by atoms with Gasteiger partial charge in [0.1, 0.15) is 5.82 Å². The number of rotatable bonds is 5. The van der Waals surface area contributed by atoms with E-state index in [4.69, 9.17) is 9.15 Å². The second kappa shape index (κ2) is 8.00. The Bertz CT molecular complexity index is 1210. The molecule has 0 radical (unpaired) electrons. The van der Waals surface area contributed by atoms with E-state index in [0.29, 0.717) is 17.0 Å². The third-order valence-corrected chi connectivity index (χ3v) is 5.29. The van der Waals surface area contributed by atoms with Gasteiger partial charge in [0.05, 0.1) is 29.4 Å². The summed E-state index contributed by atoms with van der Waals surface area (Å²) in [6.07, 6.45) is 0. The molecular formula is C21H16FN3O3S. The molecule has 0 unspecified atom stereocenters. The van der Waals surface area contributed by atoms with E-state index < -0.39 is 11.8 Å². The number of hydrogen-bond acceptors (Lipinski definition) is 7. The SMILES string of the molecule is COC(=O)c1c(CSc2nnc(-c3ccccc3F)o2)nc2ccccc2c1C. The molecule has 4 aromatic rings. The van der Waals surface area contributed by atoms with Crippen LogP contribution in [0.2, 0.25) is 0 Å². The minimum absolute atomic E-state index is 0.0986. The van der Waals surface area contributed by atoms with Crippen molar-refractivity contribution in [2.24, 2.45) is 0 Å². The van der Waals surface area contributed by atoms with E-state index in [1.54, 1.807) is 18.2 Å². The van der Waals surface area contributed by atoms with Gasteiger partial charge in [-0.05, 0) is 30.7 Å². The Labute approximate surface area is 170 Å². The third kappa shape index (κ3) is 3.71. The van der Waals surface area contributed by atoms with Crippen LogP contribution in [0.1, 0.15) is 21.6 Å². The fraction of sp³-hybridized carbons (Fsp3) is 0.143. The highest BCUT2D eigenvalue weighted by molar-refractivity contribution is 7.98. The van der Waals surface area contributed by atoms with Gasteiger partial charge in [-0.3, -0.25) is 4.98 Å². The van der Waals surface area contributed by atoms with Crippen molar-refractivity contribution in [1.82, 2.24) is 15.2 Å². The zero-order chi connectivity index (χ0) is 20.4. The topological polar surface area (TPSA) is 78.1 Å². The molecule has 0 fully saturated rings. The van der Waals surface area contributed by atoms with Gasteiger partial charge < -0.3 is 9.15 Å². The molecule has 2 aromatic heterocycles. The number of carbonyl (C=O) groups is 1. The van der Waals surface area contributed by atoms with Gasteiger partial charge in [0, 0.05) is 11.1 Å². The predicted molar refractivity (Wildman–Crippen MR) is 107 cm³/mol. The molecule has 4 rings (SSSR count). The third-order valence-electron chi connectivity index (χ3n) is 4.46. The summed E-state index contributed by atoms with van der Waals surface area (Å²) in [6, 6.07) is 13.8. The number of benzene rings is 2. The minimum atomic E-state index is -0.450. The van der Waals surface area contributed by atoms with Crippen LogP contribution in [-0.2, 0) is 10.5 Å². The van der Waals surface area contributed by atoms with Crippen LogP contribution in [0.4, 0.5) is 4.39 Å². The van der Waals surface area contributed by atoms with E-state index >= 15 is 0 Å². The second-order valence-electron chi connectivity index (χ2n) is 6.21. The summed E-state index contributed by atoms with van der Waals surface area (Å²) in [6.45, 7) is 1.87. The first kappa shape index (κ1) is 19.1. The van der Waals surface area contributed by atoms with E-state index in [9.17, 15) is 9.18 Å². The fourth-order valence-electron chi connectivity index (χ4n) is 3.06. The lowest BCUT2D eigenvalue weighted by Gasteiger charge is -2.12. The number of hydrogen-bond donors (Lipinski definition) is 0. The van der Waals surface area contributed by atoms with Gasteiger partial charge in [-0.2, -0.15) is 0 Å². The van der Waals surface area contributed by atoms with Crippen molar-refractivity contribution < 1.29 is 18.3 Å². The van der Waals surface area contributed by atoms with Crippen molar-refractivity contribution in [2.75, 3.05) is 7.11 Å². The normalized spacial score (nSPS) is 11.0. The number of aromatic nitrogens is 3. The van der Waals surface area contributed by atoms with Gasteiger partial charge in [0.2, 0.25) is 0 Å². The molecule has 0 saturated heterocycles. The van der Waals surface area contributed by atoms with Crippen LogP contribution >= 0.6 is 11.8 Å². The molecule has 0 N–H and O–H groups in total. The summed E-state index contributed by atoms with van der Waals surface area (Å²) in [4.78, 5) is 17.0. The van der Waals surface area contributed by atoms with E-state index in [2.05, 4.69) is 15.2 Å². The molecule has 0 spiro atoms. The Hall–Kier alpha value is -3.26. The van der Waals surface area contributed by atoms with Crippen molar-refractivity contribution in [3.63, 3.8) is 0 Å². The lowest BCUT2D eigenvalue weighted by atomic mass is 10.0. The molecule has 2 aromatic carbocycles. The molecule has 146 valence electrons. The quantitative estimate of drug-likeness (QED) is 0.346. The maximum Gasteiger partial charge on any atom is 0.340 e. The first-order valence-electron chi connectivity index (χ1n) is 8.76. The standard InChI is InChI=1S/C21H16FN3O3S/c1-12-13-7-4-6-10-16(13)23-17(18(12)20(26)27-2)11-29-21-25-24-19(28-21)14-8-3-5-9-15(14)22/h3-10H,11H2,1-2H3. The molecule has 0 aliphatic rings. The number of pyridine rings is 1. The van der Waals surface area contributed by atoms with Crippen molar-refractivity contribution in [1.29, 1.82) is 0 Å². The van der Waals surface area contributed by atoms with Gasteiger partial charge in [0.15, 0.2) is 0 Å². The summed E-state index contributed by atoms with van der Waals surface area (Å²) in [5.41, 5.74) is 2.81. The zero-order valence-electron chi connectivity index (χ0n) is 15.7. The fourth-order valence-corrected chi connectivity index (χ4v) is 3.77. The number of halogens is 1. The van der Waals surface area contributed by atoms with Crippen molar-refractivity contribution >= 4 is 28.6 Å². The lowest BCUT2D eigenvalue weighted by Crippen LogP contribution is -2.10. The van der Waals surface area contributed by atoms with Crippen LogP contribution < -0.4 is 0 Å². The number of esters is 1. The maximum absolute atomic E-state index is 13.9. The zero-order valence-corrected chi connectivity index (χ0v) is 16.5. The molecule has 0 aliphatic carbocycles. The Morgan fingerprint density at radius 3 is 2.69 bits per heavy atom. The minimum Gasteiger partial charge on any atom is -0.465 e. The average Bonchev–Trinajstić information content (AvgIpc) is 3.21. The summed E-state index contributed by atoms with van der Waals surface area (Å²) >= 11 is 1.22. The van der Waals surface area contributed by atoms with Gasteiger partial charge >= 0.3 is 5.97 Å². The molecule has 0 saturated carbocycles. The Morgan fingerprint density at radius 1 is 1.14 bits per heavy atom. The molecule has 0 bridgehead atoms. The maximum atomic E-state index is 13.9. The Morgan fingerprint density at radius 2 is 1.90 bits per heavy atom. The molecular weight excluding hydrogens is 393 g/mol. The number of nitrogens with zero attached hydrogens (tertiary/aromatic N) is 3. The van der Waals surface area contributed by atoms with Gasteiger partial charge in [0.25, 0.3) is 11.1 Å². The largest absolute Gasteiger partial charge is 0.465 e. The van der Waals surface area contributed by atoms with Gasteiger partial charge in [-0.15, -0.1) is 10.2 Å². The molecule has 29 heavy (non-hydrogen) atoms. The number of methoxy groups -OCH3 is 1. The highest BCUT2D eigenvalue weighted by Gasteiger charge is 2.20. The summed E-state index contributed by atoms with van der Waals surface area (Å²) in [5.74, 6) is -0.475. The van der Waals surface area contributed by atoms with Crippen LogP contribution in [-0.4, -0.2) is 28.3 Å². The van der Waals surface area contributed by atoms with Crippen LogP contribution in [0.5, 0.6) is 0 Å². The molecule has 8 heteroatoms. The first-order chi connectivity index (χ1) is 14.1. The number of para-hydroxylation sites is 1. The smallest absolute Gasteiger partial charge is 0.340 e. The van der Waals surface area contributed by atoms with Crippen molar-refractivity contribution in [2.45, 2.75) is 17.9 Å². The summed E-state index contributed by atoms with van der Waals surface area (Å²) < 4.78 is 24.4. The molecule has 0 atom stereocenters. The first-order valence-corrected chi connectivity index (χ1v) is 9.74. The van der Waals surface area contributed by atoms with E-state index in [1.165, 1.54) is 24.9 Å². The van der Waals surface area contributed by atoms with Crippen LogP contribution in [0.15, 0.2) is 58.2 Å². The van der Waals surface area contributed by atoms with Crippen molar-refractivity contribution in [3.05, 3.63) is 71.2 Å². The number of fused-ring (bicyclic) bond motifs is 1. The van der Waals surface area contributed by atoms with Crippen molar-refractivity contribution in [3.8, 4) is 11.5 Å². The molecule has 0 amide bonds. The van der Waals surface area contributed by atoms with E-state index in [-0.39, 0.29) is 16.7 Å².